The predicted molar refractivity (Wildman–Crippen MR) is 265 cm³/mol. The Bertz CT molecular complexity index is 3190. The van der Waals surface area contributed by atoms with Gasteiger partial charge in [0.2, 0.25) is 0 Å². The highest BCUT2D eigenvalue weighted by atomic mass is 15.1. The zero-order valence-electron chi connectivity index (χ0n) is 36.1. The van der Waals surface area contributed by atoms with Crippen molar-refractivity contribution in [1.29, 1.82) is 0 Å². The molecule has 11 rings (SSSR count). The van der Waals surface area contributed by atoms with Crippen LogP contribution < -0.4 is 4.90 Å². The van der Waals surface area contributed by atoms with Crippen molar-refractivity contribution in [3.8, 4) is 39.1 Å². The third-order valence-corrected chi connectivity index (χ3v) is 12.8. The van der Waals surface area contributed by atoms with Crippen molar-refractivity contribution in [2.24, 2.45) is 0 Å². The molecule has 0 aliphatic heterocycles. The second-order valence-electron chi connectivity index (χ2n) is 17.1. The second-order valence-corrected chi connectivity index (χ2v) is 17.1. The maximum absolute atomic E-state index is 2.38. The lowest BCUT2D eigenvalue weighted by atomic mass is 9.82. The molecule has 0 N–H and O–H groups in total. The molecule has 1 aliphatic carbocycles. The number of benzene rings is 9. The Labute approximate surface area is 366 Å². The fraction of sp³-hybridized carbons (Fsp3) is 0.100. The van der Waals surface area contributed by atoms with Crippen molar-refractivity contribution in [3.63, 3.8) is 0 Å². The van der Waals surface area contributed by atoms with E-state index < -0.39 is 0 Å². The molecule has 0 radical (unpaired) electrons. The zero-order valence-corrected chi connectivity index (χ0v) is 36.1. The molecule has 2 nitrogen and oxygen atoms in total. The fourth-order valence-electron chi connectivity index (χ4n) is 9.70. The van der Waals surface area contributed by atoms with Gasteiger partial charge in [-0.1, -0.05) is 171 Å². The molecule has 0 saturated heterocycles. The quantitative estimate of drug-likeness (QED) is 0.163. The molecule has 62 heavy (non-hydrogen) atoms. The van der Waals surface area contributed by atoms with Crippen LogP contribution in [0.1, 0.15) is 41.7 Å². The van der Waals surface area contributed by atoms with Crippen LogP contribution in [0.25, 0.3) is 60.9 Å². The lowest BCUT2D eigenvalue weighted by Crippen LogP contribution is -2.16. The first kappa shape index (κ1) is 38.8. The van der Waals surface area contributed by atoms with E-state index in [4.69, 9.17) is 0 Å². The molecule has 1 aromatic heterocycles. The van der Waals surface area contributed by atoms with Crippen LogP contribution in [0.15, 0.2) is 212 Å². The summed E-state index contributed by atoms with van der Waals surface area (Å²) in [5, 5.41) is 2.59. The van der Waals surface area contributed by atoms with Crippen molar-refractivity contribution in [2.75, 3.05) is 4.90 Å². The molecule has 0 atom stereocenters. The van der Waals surface area contributed by atoms with Gasteiger partial charge in [-0.2, -0.15) is 0 Å². The van der Waals surface area contributed by atoms with E-state index in [1.807, 2.05) is 0 Å². The van der Waals surface area contributed by atoms with Gasteiger partial charge < -0.3 is 9.47 Å². The number of nitrogens with zero attached hydrogens (tertiary/aromatic N) is 2. The predicted octanol–water partition coefficient (Wildman–Crippen LogP) is 16.5. The summed E-state index contributed by atoms with van der Waals surface area (Å²) in [5.74, 6) is 0. The second kappa shape index (κ2) is 15.9. The molecule has 10 aromatic rings. The maximum atomic E-state index is 2.38. The van der Waals surface area contributed by atoms with Gasteiger partial charge in [0.15, 0.2) is 0 Å². The molecule has 9 aromatic carbocycles. The first-order valence-corrected chi connectivity index (χ1v) is 21.7. The summed E-state index contributed by atoms with van der Waals surface area (Å²) in [6.07, 6.45) is 0. The van der Waals surface area contributed by atoms with Gasteiger partial charge in [-0.15, -0.1) is 0 Å². The molecular formula is C60H50N2. The van der Waals surface area contributed by atoms with E-state index in [0.717, 1.165) is 0 Å². The summed E-state index contributed by atoms with van der Waals surface area (Å²) in [6, 6.07) is 76.6. The highest BCUT2D eigenvalue weighted by Gasteiger charge is 2.36. The summed E-state index contributed by atoms with van der Waals surface area (Å²) in [5.41, 5.74) is 21.8. The minimum absolute atomic E-state index is 0.00819. The van der Waals surface area contributed by atoms with Gasteiger partial charge in [0.05, 0.1) is 11.0 Å². The maximum Gasteiger partial charge on any atom is 0.0547 e. The Morgan fingerprint density at radius 1 is 0.387 bits per heavy atom. The standard InChI is InChI=1S/C32H25N.C28H25N/c1-22-11-6-7-14-26(22)27-20-19-24(21-23(27)2)28-16-10-18-31-32(28)29-15-8-9-17-30(29)33(31)25-12-4-3-5-13-25;1-20-14-16-24-25-17-15-23(19-27(25)28(2,3)26(24)18-20)29(21-10-6-4-7-11-21)22-12-8-5-9-13-22/h3-21H,1-2H3;4-19H,1-3H3. The van der Waals surface area contributed by atoms with Crippen LogP contribution in [0.2, 0.25) is 0 Å². The van der Waals surface area contributed by atoms with E-state index in [2.05, 4.69) is 256 Å². The van der Waals surface area contributed by atoms with Crippen molar-refractivity contribution in [3.05, 3.63) is 240 Å². The number of para-hydroxylation sites is 4. The normalized spacial score (nSPS) is 12.4. The molecule has 0 spiro atoms. The van der Waals surface area contributed by atoms with Crippen molar-refractivity contribution in [1.82, 2.24) is 4.57 Å². The van der Waals surface area contributed by atoms with Crippen molar-refractivity contribution >= 4 is 38.9 Å². The van der Waals surface area contributed by atoms with Gasteiger partial charge >= 0.3 is 0 Å². The molecule has 2 heteroatoms. The third-order valence-electron chi connectivity index (χ3n) is 12.8. The molecular weight excluding hydrogens is 749 g/mol. The smallest absolute Gasteiger partial charge is 0.0547 e. The van der Waals surface area contributed by atoms with Crippen LogP contribution in [0.4, 0.5) is 17.1 Å². The Morgan fingerprint density at radius 3 is 1.63 bits per heavy atom. The van der Waals surface area contributed by atoms with Crippen LogP contribution in [0.5, 0.6) is 0 Å². The average molecular weight is 799 g/mol. The van der Waals surface area contributed by atoms with Crippen LogP contribution in [-0.4, -0.2) is 4.57 Å². The van der Waals surface area contributed by atoms with Crippen molar-refractivity contribution in [2.45, 2.75) is 40.0 Å². The van der Waals surface area contributed by atoms with E-state index in [0.29, 0.717) is 0 Å². The zero-order chi connectivity index (χ0) is 42.4. The van der Waals surface area contributed by atoms with Crippen LogP contribution in [-0.2, 0) is 5.41 Å². The van der Waals surface area contributed by atoms with E-state index in [1.165, 1.54) is 106 Å². The Hall–Kier alpha value is -7.42. The Morgan fingerprint density at radius 2 is 0.935 bits per heavy atom. The van der Waals surface area contributed by atoms with E-state index in [-0.39, 0.29) is 5.41 Å². The monoisotopic (exact) mass is 798 g/mol. The third kappa shape index (κ3) is 6.79. The summed E-state index contributed by atoms with van der Waals surface area (Å²) < 4.78 is 2.38. The van der Waals surface area contributed by atoms with Gasteiger partial charge in [0, 0.05) is 38.9 Å². The summed E-state index contributed by atoms with van der Waals surface area (Å²) >= 11 is 0. The molecule has 0 saturated carbocycles. The van der Waals surface area contributed by atoms with E-state index in [1.54, 1.807) is 0 Å². The molecule has 300 valence electrons. The highest BCUT2D eigenvalue weighted by molar-refractivity contribution is 6.15. The molecule has 1 aliphatic rings. The van der Waals surface area contributed by atoms with Gasteiger partial charge in [-0.25, -0.2) is 0 Å². The summed E-state index contributed by atoms with van der Waals surface area (Å²) in [4.78, 5) is 2.34. The number of anilines is 3. The first-order chi connectivity index (χ1) is 30.3. The molecule has 0 fully saturated rings. The van der Waals surface area contributed by atoms with Crippen LogP contribution >= 0.6 is 0 Å². The molecule has 0 bridgehead atoms. The van der Waals surface area contributed by atoms with E-state index >= 15 is 0 Å². The largest absolute Gasteiger partial charge is 0.310 e. The minimum atomic E-state index is -0.00819. The van der Waals surface area contributed by atoms with Crippen molar-refractivity contribution < 1.29 is 0 Å². The number of aryl methyl sites for hydroxylation is 3. The van der Waals surface area contributed by atoms with Gasteiger partial charge in [-0.3, -0.25) is 0 Å². The topological polar surface area (TPSA) is 8.17 Å². The molecule has 0 amide bonds. The minimum Gasteiger partial charge on any atom is -0.310 e. The van der Waals surface area contributed by atoms with Gasteiger partial charge in [0.1, 0.15) is 0 Å². The number of fused-ring (bicyclic) bond motifs is 6. The fourth-order valence-corrected chi connectivity index (χ4v) is 9.70. The van der Waals surface area contributed by atoms with Gasteiger partial charge in [0.25, 0.3) is 0 Å². The molecule has 1 heterocycles. The van der Waals surface area contributed by atoms with Crippen LogP contribution in [0, 0.1) is 20.8 Å². The number of hydrogen-bond acceptors (Lipinski definition) is 1. The number of hydrogen-bond donors (Lipinski definition) is 0. The lowest BCUT2D eigenvalue weighted by molar-refractivity contribution is 0.660. The lowest BCUT2D eigenvalue weighted by Gasteiger charge is -2.28. The molecule has 0 unspecified atom stereocenters. The first-order valence-electron chi connectivity index (χ1n) is 21.7. The summed E-state index contributed by atoms with van der Waals surface area (Å²) in [7, 11) is 0. The number of aromatic nitrogens is 1. The van der Waals surface area contributed by atoms with Crippen LogP contribution in [0.3, 0.4) is 0 Å². The highest BCUT2D eigenvalue weighted by Crippen LogP contribution is 2.51. The van der Waals surface area contributed by atoms with Gasteiger partial charge in [-0.05, 0) is 137 Å². The average Bonchev–Trinajstić information content (AvgIpc) is 3.76. The Balaban J connectivity index is 0.000000149. The summed E-state index contributed by atoms with van der Waals surface area (Å²) in [6.45, 7) is 11.3. The Kier molecular flexibility index (Phi) is 9.93. The number of rotatable bonds is 6. The SMILES string of the molecule is Cc1ccc2c(c1)C(C)(C)c1cc(N(c3ccccc3)c3ccccc3)ccc1-2.Cc1ccccc1-c1ccc(-c2cccc3c2c2ccccc2n3-c2ccccc2)cc1C. The van der Waals surface area contributed by atoms with E-state index in [9.17, 15) is 0 Å².